The molecule has 1 aromatic rings. The quantitative estimate of drug-likeness (QED) is 0.922. The highest BCUT2D eigenvalue weighted by Crippen LogP contribution is 2.27. The third-order valence-corrected chi connectivity index (χ3v) is 4.79. The van der Waals surface area contributed by atoms with Gasteiger partial charge in [0.05, 0.1) is 0 Å². The Kier molecular flexibility index (Phi) is 4.29. The second-order valence-electron chi connectivity index (χ2n) is 6.51. The number of carbonyl (C=O) groups excluding carboxylic acids is 1. The van der Waals surface area contributed by atoms with Gasteiger partial charge in [0.15, 0.2) is 5.69 Å². The van der Waals surface area contributed by atoms with Crippen LogP contribution in [0.1, 0.15) is 48.4 Å². The summed E-state index contributed by atoms with van der Waals surface area (Å²) >= 11 is 0. The second kappa shape index (κ2) is 6.18. The summed E-state index contributed by atoms with van der Waals surface area (Å²) in [6.45, 7) is 9.23. The van der Waals surface area contributed by atoms with Crippen molar-refractivity contribution < 1.29 is 4.79 Å². The molecule has 5 nitrogen and oxygen atoms in total. The lowest BCUT2D eigenvalue weighted by atomic mass is 9.87. The molecule has 1 unspecified atom stereocenters. The van der Waals surface area contributed by atoms with Crippen LogP contribution in [0.5, 0.6) is 0 Å². The Morgan fingerprint density at radius 2 is 2.10 bits per heavy atom. The van der Waals surface area contributed by atoms with Gasteiger partial charge in [0.25, 0.3) is 5.91 Å². The average molecular weight is 290 g/mol. The molecule has 3 rings (SSSR count). The molecule has 1 aliphatic heterocycles. The van der Waals surface area contributed by atoms with Gasteiger partial charge < -0.3 is 4.90 Å². The van der Waals surface area contributed by atoms with Crippen LogP contribution in [0, 0.1) is 5.92 Å². The Morgan fingerprint density at radius 1 is 1.33 bits per heavy atom. The number of nitrogens with one attached hydrogen (secondary N) is 1. The van der Waals surface area contributed by atoms with Crippen molar-refractivity contribution in [2.24, 2.45) is 5.92 Å². The first kappa shape index (κ1) is 14.6. The molecule has 0 bridgehead atoms. The number of hydrogen-bond acceptors (Lipinski definition) is 3. The monoisotopic (exact) mass is 290 g/mol. The van der Waals surface area contributed by atoms with Gasteiger partial charge >= 0.3 is 0 Å². The molecular formula is C16H26N4O. The first-order valence-electron chi connectivity index (χ1n) is 8.26. The topological polar surface area (TPSA) is 52.2 Å². The molecule has 0 spiro atoms. The van der Waals surface area contributed by atoms with Gasteiger partial charge in [-0.3, -0.25) is 14.8 Å². The number of hydrogen-bond donors (Lipinski definition) is 1. The van der Waals surface area contributed by atoms with Crippen molar-refractivity contribution in [1.82, 2.24) is 20.0 Å². The van der Waals surface area contributed by atoms with Crippen LogP contribution in [0.25, 0.3) is 0 Å². The van der Waals surface area contributed by atoms with E-state index in [1.165, 1.54) is 24.1 Å². The summed E-state index contributed by atoms with van der Waals surface area (Å²) in [4.78, 5) is 17.1. The van der Waals surface area contributed by atoms with Crippen LogP contribution in [-0.4, -0.2) is 58.6 Å². The van der Waals surface area contributed by atoms with Gasteiger partial charge in [0, 0.05) is 37.4 Å². The van der Waals surface area contributed by atoms with Crippen molar-refractivity contribution in [2.45, 2.75) is 39.5 Å². The summed E-state index contributed by atoms with van der Waals surface area (Å²) in [5.41, 5.74) is 3.04. The highest BCUT2D eigenvalue weighted by molar-refractivity contribution is 5.94. The van der Waals surface area contributed by atoms with Crippen molar-refractivity contribution in [3.8, 4) is 0 Å². The van der Waals surface area contributed by atoms with E-state index in [1.54, 1.807) is 0 Å². The van der Waals surface area contributed by atoms with Gasteiger partial charge in [0.2, 0.25) is 0 Å². The Hall–Kier alpha value is -1.36. The fourth-order valence-electron chi connectivity index (χ4n) is 3.49. The predicted molar refractivity (Wildman–Crippen MR) is 82.4 cm³/mol. The number of H-pyrrole nitrogens is 1. The molecule has 0 saturated carbocycles. The molecule has 1 N–H and O–H groups in total. The van der Waals surface area contributed by atoms with Gasteiger partial charge in [-0.05, 0) is 38.1 Å². The van der Waals surface area contributed by atoms with E-state index < -0.39 is 0 Å². The van der Waals surface area contributed by atoms with Crippen molar-refractivity contribution >= 4 is 5.91 Å². The van der Waals surface area contributed by atoms with E-state index in [4.69, 9.17) is 0 Å². The maximum atomic E-state index is 12.7. The SMILES string of the molecule is CCCN1CCN(C(=O)c2n[nH]c3c2CC(C)CC3)CC1. The fraction of sp³-hybridized carbons (Fsp3) is 0.750. The zero-order valence-electron chi connectivity index (χ0n) is 13.2. The summed E-state index contributed by atoms with van der Waals surface area (Å²) in [5.74, 6) is 0.779. The first-order valence-corrected chi connectivity index (χ1v) is 8.26. The van der Waals surface area contributed by atoms with Gasteiger partial charge in [-0.15, -0.1) is 0 Å². The predicted octanol–water partition coefficient (Wildman–Crippen LogP) is 1.70. The molecule has 21 heavy (non-hydrogen) atoms. The molecule has 116 valence electrons. The van der Waals surface area contributed by atoms with Crippen molar-refractivity contribution in [3.05, 3.63) is 17.0 Å². The summed E-state index contributed by atoms with van der Waals surface area (Å²) < 4.78 is 0. The summed E-state index contributed by atoms with van der Waals surface area (Å²) in [6.07, 6.45) is 4.39. The van der Waals surface area contributed by atoms with Gasteiger partial charge in [0.1, 0.15) is 0 Å². The average Bonchev–Trinajstić information content (AvgIpc) is 2.90. The van der Waals surface area contributed by atoms with E-state index in [-0.39, 0.29) is 5.91 Å². The molecule has 2 heterocycles. The van der Waals surface area contributed by atoms with E-state index in [0.717, 1.165) is 45.6 Å². The molecule has 1 amide bonds. The molecule has 1 aromatic heterocycles. The highest BCUT2D eigenvalue weighted by atomic mass is 16.2. The molecule has 2 aliphatic rings. The number of aromatic nitrogens is 2. The Morgan fingerprint density at radius 3 is 2.81 bits per heavy atom. The second-order valence-corrected chi connectivity index (χ2v) is 6.51. The maximum Gasteiger partial charge on any atom is 0.274 e. The molecule has 1 saturated heterocycles. The van der Waals surface area contributed by atoms with Crippen LogP contribution in [-0.2, 0) is 12.8 Å². The molecule has 5 heteroatoms. The lowest BCUT2D eigenvalue weighted by molar-refractivity contribution is 0.0630. The van der Waals surface area contributed by atoms with E-state index in [9.17, 15) is 4.79 Å². The Bertz CT molecular complexity index is 502. The third kappa shape index (κ3) is 2.98. The van der Waals surface area contributed by atoms with E-state index in [2.05, 4.69) is 28.9 Å². The van der Waals surface area contributed by atoms with Crippen molar-refractivity contribution in [2.75, 3.05) is 32.7 Å². The van der Waals surface area contributed by atoms with Gasteiger partial charge in [-0.25, -0.2) is 0 Å². The third-order valence-electron chi connectivity index (χ3n) is 4.79. The van der Waals surface area contributed by atoms with Crippen LogP contribution in [0.2, 0.25) is 0 Å². The summed E-state index contributed by atoms with van der Waals surface area (Å²) in [6, 6.07) is 0. The minimum absolute atomic E-state index is 0.123. The van der Waals surface area contributed by atoms with Crippen LogP contribution in [0.15, 0.2) is 0 Å². The Balaban J connectivity index is 1.68. The van der Waals surface area contributed by atoms with Gasteiger partial charge in [-0.1, -0.05) is 13.8 Å². The highest BCUT2D eigenvalue weighted by Gasteiger charge is 2.29. The largest absolute Gasteiger partial charge is 0.335 e. The minimum atomic E-state index is 0.123. The zero-order chi connectivity index (χ0) is 14.8. The van der Waals surface area contributed by atoms with Crippen LogP contribution >= 0.6 is 0 Å². The van der Waals surface area contributed by atoms with E-state index in [0.29, 0.717) is 11.6 Å². The number of aryl methyl sites for hydroxylation is 1. The number of fused-ring (bicyclic) bond motifs is 1. The molecule has 0 radical (unpaired) electrons. The first-order chi connectivity index (χ1) is 10.2. The number of rotatable bonds is 3. The summed E-state index contributed by atoms with van der Waals surface area (Å²) in [7, 11) is 0. The van der Waals surface area contributed by atoms with E-state index in [1.807, 2.05) is 4.90 Å². The lowest BCUT2D eigenvalue weighted by Crippen LogP contribution is -2.49. The fourth-order valence-corrected chi connectivity index (χ4v) is 3.49. The number of nitrogens with zero attached hydrogens (tertiary/aromatic N) is 3. The molecular weight excluding hydrogens is 264 g/mol. The van der Waals surface area contributed by atoms with Gasteiger partial charge in [-0.2, -0.15) is 5.10 Å². The Labute approximate surface area is 126 Å². The molecule has 1 fully saturated rings. The van der Waals surface area contributed by atoms with Crippen molar-refractivity contribution in [3.63, 3.8) is 0 Å². The lowest BCUT2D eigenvalue weighted by Gasteiger charge is -2.34. The van der Waals surface area contributed by atoms with Crippen molar-refractivity contribution in [1.29, 1.82) is 0 Å². The van der Waals surface area contributed by atoms with Crippen LogP contribution in [0.3, 0.4) is 0 Å². The molecule has 1 aliphatic carbocycles. The standard InChI is InChI=1S/C16H26N4O/c1-3-6-19-7-9-20(10-8-19)16(21)15-13-11-12(2)4-5-14(13)17-18-15/h12H,3-11H2,1-2H3,(H,17,18). The number of piperazine rings is 1. The molecule has 0 aromatic carbocycles. The zero-order valence-corrected chi connectivity index (χ0v) is 13.2. The maximum absolute atomic E-state index is 12.7. The normalized spacial score (nSPS) is 23.1. The smallest absolute Gasteiger partial charge is 0.274 e. The van der Waals surface area contributed by atoms with Crippen LogP contribution in [0.4, 0.5) is 0 Å². The van der Waals surface area contributed by atoms with E-state index >= 15 is 0 Å². The van der Waals surface area contributed by atoms with Crippen LogP contribution < -0.4 is 0 Å². The number of aromatic amines is 1. The summed E-state index contributed by atoms with van der Waals surface area (Å²) in [5, 5.41) is 7.42. The minimum Gasteiger partial charge on any atom is -0.335 e. The molecule has 1 atom stereocenters. The number of carbonyl (C=O) groups is 1. The number of amides is 1.